The Bertz CT molecular complexity index is 691. The summed E-state index contributed by atoms with van der Waals surface area (Å²) in [4.78, 5) is 13.2. The Morgan fingerprint density at radius 2 is 1.72 bits per heavy atom. The third kappa shape index (κ3) is 3.69. The first-order valence-electron chi connectivity index (χ1n) is 8.74. The van der Waals surface area contributed by atoms with Gasteiger partial charge in [0.05, 0.1) is 18.6 Å². The first-order valence-corrected chi connectivity index (χ1v) is 8.74. The second-order valence-corrected chi connectivity index (χ2v) is 6.53. The fraction of sp³-hybridized carbons (Fsp3) is 0.381. The lowest BCUT2D eigenvalue weighted by Crippen LogP contribution is -2.48. The van der Waals surface area contributed by atoms with Gasteiger partial charge in [-0.25, -0.2) is 0 Å². The average molecular weight is 339 g/mol. The van der Waals surface area contributed by atoms with E-state index in [1.54, 1.807) is 7.11 Å². The number of rotatable bonds is 5. The van der Waals surface area contributed by atoms with Crippen molar-refractivity contribution in [1.29, 1.82) is 0 Å². The van der Waals surface area contributed by atoms with E-state index in [0.717, 1.165) is 16.9 Å². The first kappa shape index (κ1) is 17.5. The van der Waals surface area contributed by atoms with E-state index in [9.17, 15) is 4.79 Å². The highest BCUT2D eigenvalue weighted by Crippen LogP contribution is 2.35. The van der Waals surface area contributed by atoms with E-state index < -0.39 is 5.41 Å². The minimum atomic E-state index is -0.514. The number of nitrogens with one attached hydrogen (secondary N) is 1. The third-order valence-corrected chi connectivity index (χ3v) is 5.07. The molecule has 0 spiro atoms. The summed E-state index contributed by atoms with van der Waals surface area (Å²) in [6, 6.07) is 17.8. The SMILES string of the molecule is COc1ccc(C(C)NC(=O)C2(c3ccccc3)CCOCC2)cc1. The van der Waals surface area contributed by atoms with E-state index in [4.69, 9.17) is 9.47 Å². The highest BCUT2D eigenvalue weighted by Gasteiger charge is 2.42. The number of carbonyl (C=O) groups excluding carboxylic acids is 1. The van der Waals surface area contributed by atoms with Crippen molar-refractivity contribution in [2.45, 2.75) is 31.2 Å². The Kier molecular flexibility index (Phi) is 5.39. The van der Waals surface area contributed by atoms with Gasteiger partial charge in [-0.15, -0.1) is 0 Å². The van der Waals surface area contributed by atoms with E-state index in [0.29, 0.717) is 26.1 Å². The quantitative estimate of drug-likeness (QED) is 0.905. The zero-order chi connectivity index (χ0) is 17.7. The lowest BCUT2D eigenvalue weighted by atomic mass is 9.73. The van der Waals surface area contributed by atoms with Gasteiger partial charge >= 0.3 is 0 Å². The van der Waals surface area contributed by atoms with Crippen molar-refractivity contribution >= 4 is 5.91 Å². The molecule has 1 aliphatic rings. The molecule has 1 amide bonds. The first-order chi connectivity index (χ1) is 12.2. The summed E-state index contributed by atoms with van der Waals surface area (Å²) in [7, 11) is 1.65. The summed E-state index contributed by atoms with van der Waals surface area (Å²) in [5, 5.41) is 3.21. The minimum absolute atomic E-state index is 0.0677. The lowest BCUT2D eigenvalue weighted by Gasteiger charge is -2.37. The molecule has 2 aromatic carbocycles. The molecule has 4 heteroatoms. The Balaban J connectivity index is 1.80. The second-order valence-electron chi connectivity index (χ2n) is 6.53. The van der Waals surface area contributed by atoms with Crippen LogP contribution < -0.4 is 10.1 Å². The number of amides is 1. The predicted octanol–water partition coefficient (Wildman–Crippen LogP) is 3.62. The van der Waals surface area contributed by atoms with Crippen molar-refractivity contribution in [3.63, 3.8) is 0 Å². The number of benzene rings is 2. The van der Waals surface area contributed by atoms with Crippen LogP contribution in [-0.2, 0) is 14.9 Å². The Morgan fingerprint density at radius 1 is 1.08 bits per heavy atom. The van der Waals surface area contributed by atoms with Crippen molar-refractivity contribution in [2.75, 3.05) is 20.3 Å². The molecular weight excluding hydrogens is 314 g/mol. The molecule has 1 saturated heterocycles. The standard InChI is InChI=1S/C21H25NO3/c1-16(17-8-10-19(24-2)11-9-17)22-20(23)21(12-14-25-15-13-21)18-6-4-3-5-7-18/h3-11,16H,12-15H2,1-2H3,(H,22,23). The Hall–Kier alpha value is -2.33. The van der Waals surface area contributed by atoms with Crippen molar-refractivity contribution in [1.82, 2.24) is 5.32 Å². The van der Waals surface area contributed by atoms with Crippen LogP contribution in [0.15, 0.2) is 54.6 Å². The highest BCUT2D eigenvalue weighted by atomic mass is 16.5. The van der Waals surface area contributed by atoms with Crippen molar-refractivity contribution in [3.8, 4) is 5.75 Å². The molecule has 0 aliphatic carbocycles. The van der Waals surface area contributed by atoms with E-state index in [1.165, 1.54) is 0 Å². The van der Waals surface area contributed by atoms with E-state index in [1.807, 2.05) is 61.5 Å². The van der Waals surface area contributed by atoms with Crippen molar-refractivity contribution in [2.24, 2.45) is 0 Å². The van der Waals surface area contributed by atoms with Crippen LogP contribution in [-0.4, -0.2) is 26.2 Å². The molecule has 25 heavy (non-hydrogen) atoms. The van der Waals surface area contributed by atoms with Gasteiger partial charge in [0.25, 0.3) is 0 Å². The van der Waals surface area contributed by atoms with Gasteiger partial charge in [-0.2, -0.15) is 0 Å². The maximum atomic E-state index is 13.2. The maximum absolute atomic E-state index is 13.2. The molecule has 4 nitrogen and oxygen atoms in total. The molecule has 1 aliphatic heterocycles. The van der Waals surface area contributed by atoms with Crippen LogP contribution in [0.2, 0.25) is 0 Å². The van der Waals surface area contributed by atoms with E-state index in [2.05, 4.69) is 5.32 Å². The predicted molar refractivity (Wildman–Crippen MR) is 97.7 cm³/mol. The van der Waals surface area contributed by atoms with Gasteiger partial charge < -0.3 is 14.8 Å². The molecule has 1 heterocycles. The van der Waals surface area contributed by atoms with Crippen molar-refractivity contribution in [3.05, 3.63) is 65.7 Å². The van der Waals surface area contributed by atoms with Crippen LogP contribution >= 0.6 is 0 Å². The fourth-order valence-corrected chi connectivity index (χ4v) is 3.43. The molecule has 2 aromatic rings. The van der Waals surface area contributed by atoms with Crippen LogP contribution in [0, 0.1) is 0 Å². The summed E-state index contributed by atoms with van der Waals surface area (Å²) < 4.78 is 10.7. The lowest BCUT2D eigenvalue weighted by molar-refractivity contribution is -0.131. The normalized spacial score (nSPS) is 17.5. The molecule has 0 saturated carbocycles. The smallest absolute Gasteiger partial charge is 0.231 e. The zero-order valence-electron chi connectivity index (χ0n) is 14.8. The number of carbonyl (C=O) groups is 1. The molecule has 1 unspecified atom stereocenters. The second kappa shape index (κ2) is 7.70. The monoisotopic (exact) mass is 339 g/mol. The minimum Gasteiger partial charge on any atom is -0.497 e. The molecule has 1 atom stereocenters. The molecule has 132 valence electrons. The van der Waals surface area contributed by atoms with Gasteiger partial charge in [-0.05, 0) is 43.0 Å². The van der Waals surface area contributed by atoms with Crippen LogP contribution in [0.4, 0.5) is 0 Å². The molecule has 0 aromatic heterocycles. The van der Waals surface area contributed by atoms with Gasteiger partial charge in [0.15, 0.2) is 0 Å². The van der Waals surface area contributed by atoms with Crippen LogP contribution in [0.3, 0.4) is 0 Å². The Labute approximate surface area is 149 Å². The van der Waals surface area contributed by atoms with Crippen LogP contribution in [0.25, 0.3) is 0 Å². The molecule has 0 radical (unpaired) electrons. The highest BCUT2D eigenvalue weighted by molar-refractivity contribution is 5.88. The molecular formula is C21H25NO3. The van der Waals surface area contributed by atoms with Gasteiger partial charge in [0.2, 0.25) is 5.91 Å². The zero-order valence-corrected chi connectivity index (χ0v) is 14.8. The summed E-state index contributed by atoms with van der Waals surface area (Å²) in [5.74, 6) is 0.887. The number of hydrogen-bond acceptors (Lipinski definition) is 3. The molecule has 1 fully saturated rings. The van der Waals surface area contributed by atoms with Gasteiger partial charge in [0.1, 0.15) is 5.75 Å². The van der Waals surface area contributed by atoms with Crippen LogP contribution in [0.1, 0.15) is 36.9 Å². The molecule has 0 bridgehead atoms. The average Bonchev–Trinajstić information content (AvgIpc) is 2.69. The summed E-state index contributed by atoms with van der Waals surface area (Å²) in [6.45, 7) is 3.23. The third-order valence-electron chi connectivity index (χ3n) is 5.07. The van der Waals surface area contributed by atoms with E-state index >= 15 is 0 Å². The number of hydrogen-bond donors (Lipinski definition) is 1. The Morgan fingerprint density at radius 3 is 2.32 bits per heavy atom. The van der Waals surface area contributed by atoms with Gasteiger partial charge in [0, 0.05) is 13.2 Å². The maximum Gasteiger partial charge on any atom is 0.231 e. The number of methoxy groups -OCH3 is 1. The molecule has 1 N–H and O–H groups in total. The summed E-state index contributed by atoms with van der Waals surface area (Å²) in [5.41, 5.74) is 1.61. The van der Waals surface area contributed by atoms with Gasteiger partial charge in [-0.1, -0.05) is 42.5 Å². The summed E-state index contributed by atoms with van der Waals surface area (Å²) >= 11 is 0. The van der Waals surface area contributed by atoms with Gasteiger partial charge in [-0.3, -0.25) is 4.79 Å². The molecule has 3 rings (SSSR count). The van der Waals surface area contributed by atoms with Crippen molar-refractivity contribution < 1.29 is 14.3 Å². The fourth-order valence-electron chi connectivity index (χ4n) is 3.43. The number of ether oxygens (including phenoxy) is 2. The van der Waals surface area contributed by atoms with E-state index in [-0.39, 0.29) is 11.9 Å². The topological polar surface area (TPSA) is 47.6 Å². The summed E-state index contributed by atoms with van der Waals surface area (Å²) in [6.07, 6.45) is 1.41. The largest absolute Gasteiger partial charge is 0.497 e. The van der Waals surface area contributed by atoms with Crippen LogP contribution in [0.5, 0.6) is 5.75 Å².